The molecule has 5 heterocycles. The number of aromatic nitrogens is 3. The lowest BCUT2D eigenvalue weighted by atomic mass is 9.90. The second-order valence-corrected chi connectivity index (χ2v) is 9.71. The number of likely N-dealkylation sites (tertiary alicyclic amines) is 1. The van der Waals surface area contributed by atoms with Crippen molar-refractivity contribution in [2.45, 2.75) is 70.5 Å². The second-order valence-electron chi connectivity index (χ2n) is 9.71. The highest BCUT2D eigenvalue weighted by molar-refractivity contribution is 5.83. The number of hydrogen-bond acceptors (Lipinski definition) is 6. The molecule has 3 N–H and O–H groups in total. The van der Waals surface area contributed by atoms with Gasteiger partial charge in [-0.25, -0.2) is 9.50 Å². The van der Waals surface area contributed by atoms with Crippen molar-refractivity contribution in [1.29, 1.82) is 0 Å². The van der Waals surface area contributed by atoms with Gasteiger partial charge >= 0.3 is 0 Å². The van der Waals surface area contributed by atoms with Crippen molar-refractivity contribution in [2.24, 2.45) is 11.7 Å². The third-order valence-corrected chi connectivity index (χ3v) is 7.31. The quantitative estimate of drug-likeness (QED) is 0.782. The number of rotatable bonds is 3. The monoisotopic (exact) mass is 425 g/mol. The first-order valence-electron chi connectivity index (χ1n) is 11.9. The van der Waals surface area contributed by atoms with Crippen molar-refractivity contribution >= 4 is 17.4 Å². The molecule has 3 aliphatic heterocycles. The summed E-state index contributed by atoms with van der Waals surface area (Å²) in [6.07, 6.45) is 8.48. The van der Waals surface area contributed by atoms with Gasteiger partial charge in [0.25, 0.3) is 0 Å². The van der Waals surface area contributed by atoms with Gasteiger partial charge in [-0.2, -0.15) is 5.10 Å². The molecule has 1 amide bonds. The molecular formula is C23H35N7O. The van der Waals surface area contributed by atoms with Gasteiger partial charge in [-0.1, -0.05) is 6.92 Å². The molecule has 2 aromatic heterocycles. The van der Waals surface area contributed by atoms with Crippen LogP contribution in [0.1, 0.15) is 62.7 Å². The summed E-state index contributed by atoms with van der Waals surface area (Å²) in [4.78, 5) is 22.8. The second kappa shape index (κ2) is 8.39. The summed E-state index contributed by atoms with van der Waals surface area (Å²) >= 11 is 0. The van der Waals surface area contributed by atoms with Crippen molar-refractivity contribution in [3.05, 3.63) is 23.5 Å². The number of nitrogens with one attached hydrogen (secondary N) is 1. The predicted octanol–water partition coefficient (Wildman–Crippen LogP) is 2.02. The highest BCUT2D eigenvalue weighted by Crippen LogP contribution is 2.33. The van der Waals surface area contributed by atoms with Crippen LogP contribution in [0.4, 0.5) is 5.82 Å². The van der Waals surface area contributed by atoms with Crippen LogP contribution in [0, 0.1) is 12.8 Å². The molecule has 2 aromatic rings. The van der Waals surface area contributed by atoms with Gasteiger partial charge in [0.15, 0.2) is 5.65 Å². The molecule has 3 fully saturated rings. The predicted molar refractivity (Wildman–Crippen MR) is 121 cm³/mol. The number of nitrogens with zero attached hydrogens (tertiary/aromatic N) is 5. The minimum atomic E-state index is -0.0715. The average Bonchev–Trinajstić information content (AvgIpc) is 3.38. The molecule has 8 heteroatoms. The molecule has 0 aromatic carbocycles. The van der Waals surface area contributed by atoms with E-state index >= 15 is 0 Å². The number of aryl methyl sites for hydroxylation is 1. The Kier molecular flexibility index (Phi) is 5.60. The largest absolute Gasteiger partial charge is 0.355 e. The van der Waals surface area contributed by atoms with Crippen LogP contribution in [0.25, 0.3) is 5.65 Å². The Hall–Kier alpha value is -2.19. The zero-order valence-electron chi connectivity index (χ0n) is 18.8. The molecule has 168 valence electrons. The fourth-order valence-electron chi connectivity index (χ4n) is 5.54. The standard InChI is InChI=1S/C23H35N7O/c1-15-6-5-9-25-21(15)23(31)29-10-4-3-7-19(29)18-12-20-26-22(16(2)13-30(20)27-18)28-11-8-17(24)14-28/h12-13,15,17,19,21,25H,3-11,14,24H2,1-2H3. The third-order valence-electron chi connectivity index (χ3n) is 7.31. The zero-order chi connectivity index (χ0) is 21.5. The fraction of sp³-hybridized carbons (Fsp3) is 0.696. The number of carbonyl (C=O) groups excluding carboxylic acids is 1. The van der Waals surface area contributed by atoms with E-state index in [-0.39, 0.29) is 24.0 Å². The number of amides is 1. The lowest BCUT2D eigenvalue weighted by Gasteiger charge is -2.39. The summed E-state index contributed by atoms with van der Waals surface area (Å²) in [5, 5.41) is 8.34. The molecule has 0 saturated carbocycles. The number of nitrogens with two attached hydrogens (primary N) is 1. The summed E-state index contributed by atoms with van der Waals surface area (Å²) in [5.41, 5.74) is 9.02. The van der Waals surface area contributed by atoms with Gasteiger partial charge in [-0.3, -0.25) is 4.79 Å². The summed E-state index contributed by atoms with van der Waals surface area (Å²) in [6.45, 7) is 7.81. The molecule has 3 saturated heterocycles. The SMILES string of the molecule is Cc1cn2nc(C3CCCCN3C(=O)C3NCCCC3C)cc2nc1N1CCC(N)C1. The van der Waals surface area contributed by atoms with Crippen LogP contribution in [0.5, 0.6) is 0 Å². The Morgan fingerprint density at radius 3 is 2.84 bits per heavy atom. The highest BCUT2D eigenvalue weighted by Gasteiger charge is 2.37. The Bertz CT molecular complexity index is 957. The molecule has 0 aliphatic carbocycles. The van der Waals surface area contributed by atoms with E-state index in [0.717, 1.165) is 87.4 Å². The normalized spacial score (nSPS) is 29.6. The highest BCUT2D eigenvalue weighted by atomic mass is 16.2. The Morgan fingerprint density at radius 2 is 2.06 bits per heavy atom. The molecule has 5 rings (SSSR count). The van der Waals surface area contributed by atoms with Crippen molar-refractivity contribution < 1.29 is 4.79 Å². The zero-order valence-corrected chi connectivity index (χ0v) is 18.8. The molecule has 4 unspecified atom stereocenters. The average molecular weight is 426 g/mol. The van der Waals surface area contributed by atoms with Crippen LogP contribution in [-0.4, -0.2) is 63.7 Å². The van der Waals surface area contributed by atoms with E-state index in [4.69, 9.17) is 15.8 Å². The van der Waals surface area contributed by atoms with Crippen LogP contribution >= 0.6 is 0 Å². The first-order chi connectivity index (χ1) is 15.0. The molecule has 31 heavy (non-hydrogen) atoms. The van der Waals surface area contributed by atoms with Gasteiger partial charge in [0.1, 0.15) is 5.82 Å². The number of fused-ring (bicyclic) bond motifs is 1. The van der Waals surface area contributed by atoms with Crippen LogP contribution in [0.15, 0.2) is 12.3 Å². The Morgan fingerprint density at radius 1 is 1.19 bits per heavy atom. The van der Waals surface area contributed by atoms with Gasteiger partial charge in [0.2, 0.25) is 5.91 Å². The Balaban J connectivity index is 1.43. The van der Waals surface area contributed by atoms with Crippen LogP contribution in [-0.2, 0) is 4.79 Å². The van der Waals surface area contributed by atoms with E-state index in [2.05, 4.69) is 41.2 Å². The van der Waals surface area contributed by atoms with Crippen molar-refractivity contribution in [1.82, 2.24) is 24.8 Å². The molecule has 4 atom stereocenters. The molecule has 0 bridgehead atoms. The van der Waals surface area contributed by atoms with E-state index in [0.29, 0.717) is 5.92 Å². The maximum atomic E-state index is 13.5. The minimum absolute atomic E-state index is 0.0304. The van der Waals surface area contributed by atoms with E-state index < -0.39 is 0 Å². The number of hydrogen-bond donors (Lipinski definition) is 2. The summed E-state index contributed by atoms with van der Waals surface area (Å²) < 4.78 is 1.88. The lowest BCUT2D eigenvalue weighted by Crippen LogP contribution is -2.54. The fourth-order valence-corrected chi connectivity index (χ4v) is 5.54. The van der Waals surface area contributed by atoms with Gasteiger partial charge in [0, 0.05) is 43.5 Å². The number of anilines is 1. The first-order valence-corrected chi connectivity index (χ1v) is 11.9. The van der Waals surface area contributed by atoms with E-state index in [9.17, 15) is 4.79 Å². The van der Waals surface area contributed by atoms with Gasteiger partial charge in [0.05, 0.1) is 17.8 Å². The molecule has 8 nitrogen and oxygen atoms in total. The van der Waals surface area contributed by atoms with Crippen LogP contribution in [0.3, 0.4) is 0 Å². The van der Waals surface area contributed by atoms with Crippen LogP contribution in [0.2, 0.25) is 0 Å². The molecule has 0 radical (unpaired) electrons. The maximum Gasteiger partial charge on any atom is 0.240 e. The number of piperidine rings is 2. The van der Waals surface area contributed by atoms with Crippen molar-refractivity contribution in [3.8, 4) is 0 Å². The van der Waals surface area contributed by atoms with Gasteiger partial charge in [-0.05, 0) is 57.9 Å². The maximum absolute atomic E-state index is 13.5. The Labute approximate surface area is 184 Å². The van der Waals surface area contributed by atoms with Crippen molar-refractivity contribution in [2.75, 3.05) is 31.1 Å². The van der Waals surface area contributed by atoms with Gasteiger partial charge in [-0.15, -0.1) is 0 Å². The van der Waals surface area contributed by atoms with Gasteiger partial charge < -0.3 is 20.9 Å². The van der Waals surface area contributed by atoms with Crippen LogP contribution < -0.4 is 16.0 Å². The topological polar surface area (TPSA) is 91.8 Å². The van der Waals surface area contributed by atoms with Crippen molar-refractivity contribution in [3.63, 3.8) is 0 Å². The molecular weight excluding hydrogens is 390 g/mol. The van der Waals surface area contributed by atoms with E-state index in [1.54, 1.807) is 0 Å². The molecule has 3 aliphatic rings. The smallest absolute Gasteiger partial charge is 0.240 e. The summed E-state index contributed by atoms with van der Waals surface area (Å²) in [5.74, 6) is 1.62. The lowest BCUT2D eigenvalue weighted by molar-refractivity contribution is -0.139. The minimum Gasteiger partial charge on any atom is -0.355 e. The number of carbonyl (C=O) groups is 1. The third kappa shape index (κ3) is 3.91. The van der Waals surface area contributed by atoms with E-state index in [1.165, 1.54) is 0 Å². The first kappa shape index (κ1) is 20.7. The molecule has 0 spiro atoms. The summed E-state index contributed by atoms with van der Waals surface area (Å²) in [7, 11) is 0. The van der Waals surface area contributed by atoms with E-state index in [1.807, 2.05) is 4.52 Å². The summed E-state index contributed by atoms with van der Waals surface area (Å²) in [6, 6.07) is 2.25.